The smallest absolute Gasteiger partial charge is 0.260 e. The number of halogens is 1. The zero-order valence-corrected chi connectivity index (χ0v) is 24.0. The number of amides is 1. The van der Waals surface area contributed by atoms with E-state index in [0.717, 1.165) is 69.5 Å². The number of hydrogen-bond acceptors (Lipinski definition) is 8. The molecule has 5 rings (SSSR count). The topological polar surface area (TPSA) is 105 Å². The van der Waals surface area contributed by atoms with E-state index in [4.69, 9.17) is 25.9 Å². The maximum Gasteiger partial charge on any atom is 0.260 e. The number of aromatic nitrogens is 2. The lowest BCUT2D eigenvalue weighted by Gasteiger charge is -2.33. The van der Waals surface area contributed by atoms with Crippen molar-refractivity contribution in [2.75, 3.05) is 32.8 Å². The van der Waals surface area contributed by atoms with Gasteiger partial charge < -0.3 is 19.9 Å². The Morgan fingerprint density at radius 2 is 2.05 bits per heavy atom. The van der Waals surface area contributed by atoms with Crippen molar-refractivity contribution in [1.82, 2.24) is 25.7 Å². The van der Waals surface area contributed by atoms with Crippen LogP contribution in [0.15, 0.2) is 57.8 Å². The van der Waals surface area contributed by atoms with E-state index < -0.39 is 0 Å². The second-order valence-corrected chi connectivity index (χ2v) is 10.9. The molecule has 2 fully saturated rings. The molecule has 0 spiro atoms. The summed E-state index contributed by atoms with van der Waals surface area (Å²) in [6.07, 6.45) is 8.78. The third kappa shape index (κ3) is 6.54. The van der Waals surface area contributed by atoms with Crippen LogP contribution in [0.3, 0.4) is 0 Å². The largest absolute Gasteiger partial charge is 0.381 e. The van der Waals surface area contributed by atoms with Crippen LogP contribution >= 0.6 is 11.6 Å². The van der Waals surface area contributed by atoms with Gasteiger partial charge in [0.25, 0.3) is 5.91 Å². The van der Waals surface area contributed by atoms with Crippen LogP contribution in [0.2, 0.25) is 5.02 Å². The average Bonchev–Trinajstić information content (AvgIpc) is 3.40. The van der Waals surface area contributed by atoms with Gasteiger partial charge in [0.1, 0.15) is 11.7 Å². The van der Waals surface area contributed by atoms with Crippen LogP contribution in [0, 0.1) is 12.8 Å². The fraction of sp³-hybridized carbons (Fsp3) is 0.467. The van der Waals surface area contributed by atoms with E-state index in [1.807, 2.05) is 31.2 Å². The van der Waals surface area contributed by atoms with Gasteiger partial charge in [-0.05, 0) is 70.2 Å². The molecule has 0 unspecified atom stereocenters. The number of piperidine rings is 1. The summed E-state index contributed by atoms with van der Waals surface area (Å²) in [5.41, 5.74) is 2.76. The molecule has 212 valence electrons. The minimum atomic E-state index is -0.123. The zero-order chi connectivity index (χ0) is 28.1. The van der Waals surface area contributed by atoms with Crippen molar-refractivity contribution >= 4 is 28.9 Å². The molecule has 0 atom stereocenters. The highest BCUT2D eigenvalue weighted by atomic mass is 35.5. The first-order chi connectivity index (χ1) is 19.4. The molecule has 1 amide bonds. The summed E-state index contributed by atoms with van der Waals surface area (Å²) in [5, 5.41) is 11.3. The Labute approximate surface area is 240 Å². The molecule has 0 radical (unpaired) electrons. The van der Waals surface area contributed by atoms with Gasteiger partial charge in [0.2, 0.25) is 11.7 Å². The van der Waals surface area contributed by atoms with Crippen molar-refractivity contribution in [2.24, 2.45) is 10.9 Å². The SMILES string of the molecule is C=C(/N=C1\C(=C/C)C=C(c2ccc(-c3noc(C)n3)cc2Cl)C(=O)N1CCC1CCNCC1)NC1CCOCC1. The van der Waals surface area contributed by atoms with Crippen molar-refractivity contribution < 1.29 is 14.1 Å². The average molecular weight is 565 g/mol. The van der Waals surface area contributed by atoms with Gasteiger partial charge in [-0.2, -0.15) is 4.98 Å². The van der Waals surface area contributed by atoms with Gasteiger partial charge >= 0.3 is 0 Å². The summed E-state index contributed by atoms with van der Waals surface area (Å²) >= 11 is 6.76. The number of hydrogen-bond donors (Lipinski definition) is 2. The molecule has 2 N–H and O–H groups in total. The number of carbonyl (C=O) groups is 1. The van der Waals surface area contributed by atoms with Crippen LogP contribution in [-0.4, -0.2) is 65.7 Å². The number of aryl methyl sites for hydroxylation is 1. The number of amidine groups is 1. The van der Waals surface area contributed by atoms with Crippen LogP contribution in [0.4, 0.5) is 0 Å². The first kappa shape index (κ1) is 28.3. The van der Waals surface area contributed by atoms with E-state index in [1.54, 1.807) is 17.9 Å². The van der Waals surface area contributed by atoms with Gasteiger partial charge in [-0.1, -0.05) is 41.5 Å². The van der Waals surface area contributed by atoms with Crippen molar-refractivity contribution in [3.63, 3.8) is 0 Å². The molecular weight excluding hydrogens is 528 g/mol. The quantitative estimate of drug-likeness (QED) is 0.470. The molecule has 4 heterocycles. The van der Waals surface area contributed by atoms with Crippen molar-refractivity contribution in [3.8, 4) is 11.4 Å². The molecule has 2 aromatic rings. The van der Waals surface area contributed by atoms with Gasteiger partial charge in [-0.3, -0.25) is 9.69 Å². The fourth-order valence-corrected chi connectivity index (χ4v) is 5.71. The van der Waals surface area contributed by atoms with E-state index in [2.05, 4.69) is 27.4 Å². The number of benzene rings is 1. The Hall–Kier alpha value is -3.27. The highest BCUT2D eigenvalue weighted by Crippen LogP contribution is 2.34. The number of aliphatic imine (C=N–C) groups is 1. The lowest BCUT2D eigenvalue weighted by molar-refractivity contribution is -0.121. The molecule has 1 aromatic carbocycles. The van der Waals surface area contributed by atoms with E-state index in [1.165, 1.54) is 0 Å². The lowest BCUT2D eigenvalue weighted by atomic mass is 9.92. The van der Waals surface area contributed by atoms with Crippen LogP contribution in [-0.2, 0) is 9.53 Å². The van der Waals surface area contributed by atoms with Gasteiger partial charge in [-0.25, -0.2) is 4.99 Å². The van der Waals surface area contributed by atoms with Gasteiger partial charge in [0, 0.05) is 60.0 Å². The molecule has 40 heavy (non-hydrogen) atoms. The molecule has 3 aliphatic rings. The van der Waals surface area contributed by atoms with E-state index in [9.17, 15) is 4.79 Å². The van der Waals surface area contributed by atoms with E-state index in [0.29, 0.717) is 52.0 Å². The Bertz CT molecular complexity index is 1330. The predicted molar refractivity (Wildman–Crippen MR) is 157 cm³/mol. The van der Waals surface area contributed by atoms with Gasteiger partial charge in [0.15, 0.2) is 0 Å². The monoisotopic (exact) mass is 564 g/mol. The van der Waals surface area contributed by atoms with Gasteiger partial charge in [-0.15, -0.1) is 0 Å². The molecular formula is C30H37ClN6O3. The predicted octanol–water partition coefficient (Wildman–Crippen LogP) is 4.90. The van der Waals surface area contributed by atoms with Gasteiger partial charge in [0.05, 0.1) is 0 Å². The Morgan fingerprint density at radius 3 is 2.73 bits per heavy atom. The lowest BCUT2D eigenvalue weighted by Crippen LogP contribution is -2.43. The Balaban J connectivity index is 1.45. The van der Waals surface area contributed by atoms with Crippen molar-refractivity contribution in [1.29, 1.82) is 0 Å². The highest BCUT2D eigenvalue weighted by molar-refractivity contribution is 6.37. The third-order valence-corrected chi connectivity index (χ3v) is 8.01. The number of rotatable bonds is 8. The number of ether oxygens (including phenoxy) is 1. The highest BCUT2D eigenvalue weighted by Gasteiger charge is 2.32. The standard InChI is InChI=1S/C30H37ClN6O3/c1-4-22-17-26(25-6-5-23(18-27(25)31)28-35-20(3)40-36-28)30(38)37(14-9-21-7-12-32-13-8-21)29(22)34-19(2)33-24-10-15-39-16-11-24/h4-6,17-18,21,24,32-33H,2,7-16H2,1,3H3/b22-4-,34-29+. The maximum atomic E-state index is 14.1. The third-order valence-electron chi connectivity index (χ3n) is 7.70. The van der Waals surface area contributed by atoms with E-state index in [-0.39, 0.29) is 11.9 Å². The molecule has 0 aliphatic carbocycles. The number of nitrogens with one attached hydrogen (secondary N) is 2. The first-order valence-corrected chi connectivity index (χ1v) is 14.4. The summed E-state index contributed by atoms with van der Waals surface area (Å²) in [5.74, 6) is 2.53. The van der Waals surface area contributed by atoms with Crippen LogP contribution in [0.5, 0.6) is 0 Å². The molecule has 0 bridgehead atoms. The van der Waals surface area contributed by atoms with Crippen molar-refractivity contribution in [2.45, 2.75) is 52.0 Å². The normalized spacial score (nSPS) is 21.2. The summed E-state index contributed by atoms with van der Waals surface area (Å²) in [6, 6.07) is 5.73. The molecule has 1 aromatic heterocycles. The first-order valence-electron chi connectivity index (χ1n) is 14.1. The van der Waals surface area contributed by atoms with Crippen LogP contribution in [0.25, 0.3) is 17.0 Å². The van der Waals surface area contributed by atoms with Crippen molar-refractivity contribution in [3.05, 3.63) is 64.8 Å². The molecule has 10 heteroatoms. The summed E-state index contributed by atoms with van der Waals surface area (Å²) in [4.78, 5) is 25.1. The zero-order valence-electron chi connectivity index (χ0n) is 23.2. The molecule has 2 saturated heterocycles. The number of carbonyl (C=O) groups excluding carboxylic acids is 1. The molecule has 3 aliphatic heterocycles. The minimum Gasteiger partial charge on any atom is -0.381 e. The molecule has 9 nitrogen and oxygen atoms in total. The fourth-order valence-electron chi connectivity index (χ4n) is 5.43. The second-order valence-electron chi connectivity index (χ2n) is 10.5. The summed E-state index contributed by atoms with van der Waals surface area (Å²) in [7, 11) is 0. The maximum absolute atomic E-state index is 14.1. The van der Waals surface area contributed by atoms with E-state index >= 15 is 0 Å². The minimum absolute atomic E-state index is 0.123. The Kier molecular flexibility index (Phi) is 9.14. The summed E-state index contributed by atoms with van der Waals surface area (Å²) in [6.45, 7) is 11.9. The molecule has 0 saturated carbocycles. The van der Waals surface area contributed by atoms with Crippen LogP contribution in [0.1, 0.15) is 50.5 Å². The Morgan fingerprint density at radius 1 is 1.27 bits per heavy atom. The number of allylic oxidation sites excluding steroid dienone is 1. The number of nitrogens with zero attached hydrogens (tertiary/aromatic N) is 4. The summed E-state index contributed by atoms with van der Waals surface area (Å²) < 4.78 is 10.6. The second kappa shape index (κ2) is 12.9. The van der Waals surface area contributed by atoms with Crippen LogP contribution < -0.4 is 10.6 Å².